The second kappa shape index (κ2) is 13.0. The average molecular weight is 603 g/mol. The summed E-state index contributed by atoms with van der Waals surface area (Å²) in [5.41, 5.74) is 3.58. The molecule has 2 amide bonds. The minimum absolute atomic E-state index is 0.0422. The summed E-state index contributed by atoms with van der Waals surface area (Å²) in [6.45, 7) is 1.75. The van der Waals surface area contributed by atoms with Gasteiger partial charge in [0.2, 0.25) is 10.0 Å². The van der Waals surface area contributed by atoms with Gasteiger partial charge in [0.05, 0.1) is 30.5 Å². The highest BCUT2D eigenvalue weighted by molar-refractivity contribution is 7.89. The van der Waals surface area contributed by atoms with E-state index in [1.807, 2.05) is 6.92 Å². The fourth-order valence-corrected chi connectivity index (χ4v) is 5.37. The SMILES string of the molecule is Cc1ccc(S(=O)(=O)N(Cc2ccc(/C=N/NC(=O)C(=O)NCc3ccco3)o2)Cc2ccc(Cl)cc2Cl)cc1. The van der Waals surface area contributed by atoms with Crippen molar-refractivity contribution in [2.75, 3.05) is 0 Å². The minimum atomic E-state index is -3.95. The third-order valence-electron chi connectivity index (χ3n) is 5.60. The number of carbonyl (C=O) groups excluding carboxylic acids is 2. The summed E-state index contributed by atoms with van der Waals surface area (Å²) in [4.78, 5) is 23.9. The molecule has 0 aliphatic heterocycles. The zero-order valence-corrected chi connectivity index (χ0v) is 23.5. The molecule has 4 aromatic rings. The molecule has 13 heteroatoms. The lowest BCUT2D eigenvalue weighted by Crippen LogP contribution is -2.37. The Labute approximate surface area is 240 Å². The Morgan fingerprint density at radius 2 is 1.75 bits per heavy atom. The van der Waals surface area contributed by atoms with Gasteiger partial charge < -0.3 is 14.2 Å². The Balaban J connectivity index is 1.45. The van der Waals surface area contributed by atoms with E-state index in [2.05, 4.69) is 15.8 Å². The Morgan fingerprint density at radius 3 is 2.45 bits per heavy atom. The summed E-state index contributed by atoms with van der Waals surface area (Å²) in [7, 11) is -3.95. The van der Waals surface area contributed by atoms with Gasteiger partial charge in [0.15, 0.2) is 0 Å². The van der Waals surface area contributed by atoms with Gasteiger partial charge in [-0.1, -0.05) is 47.0 Å². The monoisotopic (exact) mass is 602 g/mol. The number of hydrazone groups is 1. The van der Waals surface area contributed by atoms with Crippen molar-refractivity contribution in [1.82, 2.24) is 15.0 Å². The fourth-order valence-electron chi connectivity index (χ4n) is 3.51. The molecular weight excluding hydrogens is 579 g/mol. The normalized spacial score (nSPS) is 11.7. The number of sulfonamides is 1. The zero-order valence-electron chi connectivity index (χ0n) is 21.1. The highest BCUT2D eigenvalue weighted by atomic mass is 35.5. The number of rotatable bonds is 10. The summed E-state index contributed by atoms with van der Waals surface area (Å²) < 4.78 is 39.2. The summed E-state index contributed by atoms with van der Waals surface area (Å²) in [5, 5.41) is 6.88. The van der Waals surface area contributed by atoms with Crippen LogP contribution in [0.3, 0.4) is 0 Å². The number of amides is 2. The molecular formula is C27H24Cl2N4O6S. The third kappa shape index (κ3) is 7.60. The van der Waals surface area contributed by atoms with Gasteiger partial charge in [0.1, 0.15) is 17.3 Å². The molecule has 0 saturated carbocycles. The molecule has 0 fully saturated rings. The Kier molecular flexibility index (Phi) is 9.43. The van der Waals surface area contributed by atoms with E-state index in [9.17, 15) is 18.0 Å². The summed E-state index contributed by atoms with van der Waals surface area (Å²) in [6.07, 6.45) is 2.64. The molecule has 2 aromatic carbocycles. The molecule has 0 unspecified atom stereocenters. The number of halogens is 2. The van der Waals surface area contributed by atoms with E-state index < -0.39 is 21.8 Å². The molecule has 10 nitrogen and oxygen atoms in total. The predicted molar refractivity (Wildman–Crippen MR) is 149 cm³/mol. The lowest BCUT2D eigenvalue weighted by Gasteiger charge is -2.22. The molecule has 0 bridgehead atoms. The Bertz CT molecular complexity index is 1620. The van der Waals surface area contributed by atoms with Crippen molar-refractivity contribution in [3.63, 3.8) is 0 Å². The maximum absolute atomic E-state index is 13.6. The predicted octanol–water partition coefficient (Wildman–Crippen LogP) is 4.65. The van der Waals surface area contributed by atoms with Crippen LogP contribution in [0.4, 0.5) is 0 Å². The van der Waals surface area contributed by atoms with Crippen molar-refractivity contribution in [2.24, 2.45) is 5.10 Å². The first-order valence-electron chi connectivity index (χ1n) is 11.8. The average Bonchev–Trinajstić information content (AvgIpc) is 3.61. The van der Waals surface area contributed by atoms with Crippen LogP contribution < -0.4 is 10.7 Å². The summed E-state index contributed by atoms with van der Waals surface area (Å²) in [6, 6.07) is 17.8. The number of carbonyl (C=O) groups is 2. The largest absolute Gasteiger partial charge is 0.467 e. The van der Waals surface area contributed by atoms with Crippen molar-refractivity contribution in [3.8, 4) is 0 Å². The highest BCUT2D eigenvalue weighted by Gasteiger charge is 2.27. The van der Waals surface area contributed by atoms with E-state index in [4.69, 9.17) is 32.0 Å². The molecule has 0 saturated heterocycles. The minimum Gasteiger partial charge on any atom is -0.467 e. The number of nitrogens with one attached hydrogen (secondary N) is 2. The second-order valence-corrected chi connectivity index (χ2v) is 11.4. The van der Waals surface area contributed by atoms with Gasteiger partial charge in [-0.05, 0) is 61.0 Å². The number of nitrogens with zero attached hydrogens (tertiary/aromatic N) is 2. The van der Waals surface area contributed by atoms with Crippen LogP contribution >= 0.6 is 23.2 Å². The molecule has 0 aliphatic carbocycles. The number of benzene rings is 2. The van der Waals surface area contributed by atoms with Crippen LogP contribution in [-0.4, -0.2) is 30.8 Å². The maximum atomic E-state index is 13.6. The Morgan fingerprint density at radius 1 is 0.975 bits per heavy atom. The molecule has 2 aromatic heterocycles. The van der Waals surface area contributed by atoms with Crippen molar-refractivity contribution in [3.05, 3.63) is 111 Å². The van der Waals surface area contributed by atoms with Gasteiger partial charge >= 0.3 is 11.8 Å². The molecule has 0 spiro atoms. The van der Waals surface area contributed by atoms with E-state index in [0.717, 1.165) is 5.56 Å². The maximum Gasteiger partial charge on any atom is 0.329 e. The van der Waals surface area contributed by atoms with Gasteiger partial charge in [-0.2, -0.15) is 9.41 Å². The number of aryl methyl sites for hydroxylation is 1. The molecule has 0 aliphatic rings. The van der Waals surface area contributed by atoms with Crippen molar-refractivity contribution in [2.45, 2.75) is 31.5 Å². The smallest absolute Gasteiger partial charge is 0.329 e. The van der Waals surface area contributed by atoms with Crippen LogP contribution in [0.15, 0.2) is 91.8 Å². The molecule has 0 atom stereocenters. The molecule has 4 rings (SSSR count). The lowest BCUT2D eigenvalue weighted by molar-refractivity contribution is -0.139. The number of hydrogen-bond acceptors (Lipinski definition) is 7. The fraction of sp³-hybridized carbons (Fsp3) is 0.148. The van der Waals surface area contributed by atoms with Crippen molar-refractivity contribution >= 4 is 51.3 Å². The van der Waals surface area contributed by atoms with Crippen LogP contribution in [0, 0.1) is 6.92 Å². The van der Waals surface area contributed by atoms with Crippen LogP contribution in [0.1, 0.15) is 28.4 Å². The molecule has 2 N–H and O–H groups in total. The zero-order chi connectivity index (χ0) is 28.7. The summed E-state index contributed by atoms with van der Waals surface area (Å²) in [5.74, 6) is -0.853. The van der Waals surface area contributed by atoms with Crippen molar-refractivity contribution in [1.29, 1.82) is 0 Å². The van der Waals surface area contributed by atoms with Crippen LogP contribution in [0.2, 0.25) is 10.0 Å². The van der Waals surface area contributed by atoms with Crippen LogP contribution in [0.25, 0.3) is 0 Å². The standard InChI is InChI=1S/C27H24Cl2N4O6S/c1-18-4-10-24(11-5-18)40(36,37)33(16-19-6-7-20(28)13-25(19)29)17-23-9-8-22(39-23)15-31-32-27(35)26(34)30-14-21-3-2-12-38-21/h2-13,15H,14,16-17H2,1H3,(H,30,34)(H,32,35)/b31-15+. The van der Waals surface area contributed by atoms with E-state index >= 15 is 0 Å². The van der Waals surface area contributed by atoms with Gasteiger partial charge in [-0.15, -0.1) is 0 Å². The van der Waals surface area contributed by atoms with E-state index in [1.165, 1.54) is 28.9 Å². The van der Waals surface area contributed by atoms with Crippen molar-refractivity contribution < 1.29 is 26.8 Å². The Hall–Kier alpha value is -3.90. The van der Waals surface area contributed by atoms with Gasteiger partial charge in [0, 0.05) is 16.6 Å². The third-order valence-corrected chi connectivity index (χ3v) is 8.00. The summed E-state index contributed by atoms with van der Waals surface area (Å²) >= 11 is 12.3. The quantitative estimate of drug-likeness (QED) is 0.154. The molecule has 208 valence electrons. The lowest BCUT2D eigenvalue weighted by atomic mass is 10.2. The first-order valence-corrected chi connectivity index (χ1v) is 14.0. The number of hydrogen-bond donors (Lipinski definition) is 2. The van der Waals surface area contributed by atoms with Crippen LogP contribution in [0.5, 0.6) is 0 Å². The van der Waals surface area contributed by atoms with Gasteiger partial charge in [0.25, 0.3) is 0 Å². The topological polar surface area (TPSA) is 134 Å². The molecule has 2 heterocycles. The van der Waals surface area contributed by atoms with Gasteiger partial charge in [-0.25, -0.2) is 13.8 Å². The highest BCUT2D eigenvalue weighted by Crippen LogP contribution is 2.27. The van der Waals surface area contributed by atoms with Gasteiger partial charge in [-0.3, -0.25) is 9.59 Å². The molecule has 0 radical (unpaired) electrons. The van der Waals surface area contributed by atoms with E-state index in [1.54, 1.807) is 54.6 Å². The van der Waals surface area contributed by atoms with E-state index in [-0.39, 0.29) is 30.3 Å². The number of furan rings is 2. The molecule has 40 heavy (non-hydrogen) atoms. The first-order chi connectivity index (χ1) is 19.1. The van der Waals surface area contributed by atoms with Crippen LogP contribution in [-0.2, 0) is 39.2 Å². The first kappa shape index (κ1) is 29.1. The second-order valence-electron chi connectivity index (χ2n) is 8.59. The van der Waals surface area contributed by atoms with E-state index in [0.29, 0.717) is 27.1 Å².